The zero-order chi connectivity index (χ0) is 15.2. The maximum absolute atomic E-state index is 5.56. The van der Waals surface area contributed by atoms with Crippen molar-refractivity contribution in [1.82, 2.24) is 15.0 Å². The van der Waals surface area contributed by atoms with Crippen molar-refractivity contribution in [3.05, 3.63) is 0 Å². The predicted molar refractivity (Wildman–Crippen MR) is 83.4 cm³/mol. The molecule has 2 rings (SSSR count). The van der Waals surface area contributed by atoms with Crippen LogP contribution in [0.25, 0.3) is 0 Å². The summed E-state index contributed by atoms with van der Waals surface area (Å²) >= 11 is 0. The van der Waals surface area contributed by atoms with Gasteiger partial charge < -0.3 is 14.5 Å². The fraction of sp³-hybridized carbons (Fsp3) is 0.769. The molecule has 118 valence electrons. The molecule has 1 saturated heterocycles. The third-order valence-electron chi connectivity index (χ3n) is 3.35. The number of nitrogens with one attached hydrogen (secondary N) is 1. The van der Waals surface area contributed by atoms with E-state index in [1.807, 2.05) is 25.8 Å². The number of ether oxygens (including phenoxy) is 1. The second kappa shape index (κ2) is 7.37. The van der Waals surface area contributed by atoms with Gasteiger partial charge in [0.15, 0.2) is 0 Å². The Morgan fingerprint density at radius 1 is 1.29 bits per heavy atom. The molecule has 0 bridgehead atoms. The van der Waals surface area contributed by atoms with E-state index in [2.05, 4.69) is 25.3 Å². The third-order valence-corrected chi connectivity index (χ3v) is 3.35. The minimum atomic E-state index is 0.221. The van der Waals surface area contributed by atoms with Gasteiger partial charge in [0.2, 0.25) is 17.8 Å². The lowest BCUT2D eigenvalue weighted by Gasteiger charge is -2.21. The maximum atomic E-state index is 5.56. The van der Waals surface area contributed by atoms with Crippen LogP contribution in [0.15, 0.2) is 0 Å². The molecule has 1 aromatic heterocycles. The van der Waals surface area contributed by atoms with Gasteiger partial charge in [0.1, 0.15) is 0 Å². The molecule has 0 atom stereocenters. The quantitative estimate of drug-likeness (QED) is 0.558. The Labute approximate surface area is 125 Å². The van der Waals surface area contributed by atoms with Gasteiger partial charge in [-0.2, -0.15) is 15.0 Å². The highest BCUT2D eigenvalue weighted by Gasteiger charge is 2.18. The first kappa shape index (κ1) is 15.7. The second-order valence-corrected chi connectivity index (χ2v) is 5.44. The van der Waals surface area contributed by atoms with E-state index < -0.39 is 0 Å². The second-order valence-electron chi connectivity index (χ2n) is 5.44. The van der Waals surface area contributed by atoms with Gasteiger partial charge in [-0.15, -0.1) is 0 Å². The standard InChI is InChI=1S/C13H25N7O/c1-10(2)21-9-8-19(3)12-15-11(18-14)16-13(17-12)20-6-4-5-7-20/h10H,4-9,14H2,1-3H3,(H,15,16,17,18). The van der Waals surface area contributed by atoms with Crippen molar-refractivity contribution in [3.8, 4) is 0 Å². The van der Waals surface area contributed by atoms with Crippen LogP contribution in [-0.2, 0) is 4.74 Å². The van der Waals surface area contributed by atoms with Crippen LogP contribution in [-0.4, -0.2) is 54.3 Å². The highest BCUT2D eigenvalue weighted by molar-refractivity contribution is 5.44. The van der Waals surface area contributed by atoms with E-state index in [0.29, 0.717) is 31.0 Å². The lowest BCUT2D eigenvalue weighted by atomic mass is 10.4. The van der Waals surface area contributed by atoms with Crippen LogP contribution in [0.1, 0.15) is 26.7 Å². The average molecular weight is 295 g/mol. The molecule has 21 heavy (non-hydrogen) atoms. The Morgan fingerprint density at radius 3 is 2.62 bits per heavy atom. The lowest BCUT2D eigenvalue weighted by Crippen LogP contribution is -2.28. The van der Waals surface area contributed by atoms with Gasteiger partial charge in [-0.05, 0) is 26.7 Å². The van der Waals surface area contributed by atoms with E-state index in [4.69, 9.17) is 10.6 Å². The summed E-state index contributed by atoms with van der Waals surface area (Å²) in [7, 11) is 1.94. The summed E-state index contributed by atoms with van der Waals surface area (Å²) in [6, 6.07) is 0. The van der Waals surface area contributed by atoms with Crippen molar-refractivity contribution >= 4 is 17.8 Å². The third kappa shape index (κ3) is 4.40. The molecule has 8 nitrogen and oxygen atoms in total. The SMILES string of the molecule is CC(C)OCCN(C)c1nc(NN)nc(N2CCCC2)n1. The van der Waals surface area contributed by atoms with Crippen LogP contribution in [0.5, 0.6) is 0 Å². The molecule has 0 saturated carbocycles. The van der Waals surface area contributed by atoms with Crippen molar-refractivity contribution < 1.29 is 4.74 Å². The van der Waals surface area contributed by atoms with Crippen molar-refractivity contribution in [1.29, 1.82) is 0 Å². The Bertz CT molecular complexity index is 448. The number of hydrogen-bond donors (Lipinski definition) is 2. The number of nitrogens with two attached hydrogens (primary N) is 1. The van der Waals surface area contributed by atoms with E-state index >= 15 is 0 Å². The van der Waals surface area contributed by atoms with Crippen LogP contribution in [0.3, 0.4) is 0 Å². The molecule has 1 aliphatic rings. The first-order valence-corrected chi connectivity index (χ1v) is 7.40. The Hall–Kier alpha value is -1.67. The highest BCUT2D eigenvalue weighted by Crippen LogP contribution is 2.19. The van der Waals surface area contributed by atoms with E-state index in [-0.39, 0.29) is 6.10 Å². The number of hydrazine groups is 1. The van der Waals surface area contributed by atoms with Gasteiger partial charge in [-0.1, -0.05) is 0 Å². The van der Waals surface area contributed by atoms with Crippen LogP contribution >= 0.6 is 0 Å². The predicted octanol–water partition coefficient (Wildman–Crippen LogP) is 0.619. The molecule has 0 spiro atoms. The van der Waals surface area contributed by atoms with Gasteiger partial charge in [0.05, 0.1) is 12.7 Å². The molecular formula is C13H25N7O. The van der Waals surface area contributed by atoms with Crippen molar-refractivity contribution in [2.75, 3.05) is 48.5 Å². The summed E-state index contributed by atoms with van der Waals surface area (Å²) in [4.78, 5) is 17.3. The first-order valence-electron chi connectivity index (χ1n) is 7.40. The normalized spacial score (nSPS) is 14.8. The average Bonchev–Trinajstić information content (AvgIpc) is 3.00. The summed E-state index contributed by atoms with van der Waals surface area (Å²) in [5.41, 5.74) is 2.51. The summed E-state index contributed by atoms with van der Waals surface area (Å²) in [5, 5.41) is 0. The van der Waals surface area contributed by atoms with Gasteiger partial charge in [0, 0.05) is 26.7 Å². The van der Waals surface area contributed by atoms with Crippen molar-refractivity contribution in [2.24, 2.45) is 5.84 Å². The van der Waals surface area contributed by atoms with Crippen molar-refractivity contribution in [3.63, 3.8) is 0 Å². The number of anilines is 3. The monoisotopic (exact) mass is 295 g/mol. The maximum Gasteiger partial charge on any atom is 0.243 e. The first-order chi connectivity index (χ1) is 10.1. The molecule has 0 unspecified atom stereocenters. The molecule has 0 aromatic carbocycles. The highest BCUT2D eigenvalue weighted by atomic mass is 16.5. The van der Waals surface area contributed by atoms with Gasteiger partial charge in [-0.25, -0.2) is 5.84 Å². The molecule has 1 fully saturated rings. The lowest BCUT2D eigenvalue weighted by molar-refractivity contribution is 0.0844. The Balaban J connectivity index is 2.08. The van der Waals surface area contributed by atoms with Crippen LogP contribution in [0.4, 0.5) is 17.8 Å². The largest absolute Gasteiger partial charge is 0.377 e. The molecule has 0 aliphatic carbocycles. The van der Waals surface area contributed by atoms with Gasteiger partial charge >= 0.3 is 0 Å². The zero-order valence-corrected chi connectivity index (χ0v) is 13.0. The summed E-state index contributed by atoms with van der Waals surface area (Å²) < 4.78 is 5.56. The number of aromatic nitrogens is 3. The number of nitrogens with zero attached hydrogens (tertiary/aromatic N) is 5. The van der Waals surface area contributed by atoms with E-state index in [1.54, 1.807) is 0 Å². The smallest absolute Gasteiger partial charge is 0.243 e. The summed E-state index contributed by atoms with van der Waals surface area (Å²) in [6.45, 7) is 7.34. The number of nitrogen functional groups attached to an aromatic ring is 1. The van der Waals surface area contributed by atoms with Gasteiger partial charge in [0.25, 0.3) is 0 Å². The molecule has 1 aliphatic heterocycles. The summed E-state index contributed by atoms with van der Waals surface area (Å²) in [5.74, 6) is 7.14. The van der Waals surface area contributed by atoms with E-state index in [9.17, 15) is 0 Å². The summed E-state index contributed by atoms with van der Waals surface area (Å²) in [6.07, 6.45) is 2.56. The van der Waals surface area contributed by atoms with Crippen LogP contribution < -0.4 is 21.1 Å². The number of rotatable bonds is 7. The molecule has 1 aromatic rings. The minimum Gasteiger partial charge on any atom is -0.377 e. The van der Waals surface area contributed by atoms with Gasteiger partial charge in [-0.3, -0.25) is 5.43 Å². The minimum absolute atomic E-state index is 0.221. The van der Waals surface area contributed by atoms with Crippen LogP contribution in [0, 0.1) is 0 Å². The van der Waals surface area contributed by atoms with E-state index in [0.717, 1.165) is 13.1 Å². The Morgan fingerprint density at radius 2 is 2.00 bits per heavy atom. The van der Waals surface area contributed by atoms with E-state index in [1.165, 1.54) is 12.8 Å². The molecule has 2 heterocycles. The molecule has 0 amide bonds. The fourth-order valence-corrected chi connectivity index (χ4v) is 2.17. The van der Waals surface area contributed by atoms with Crippen LogP contribution in [0.2, 0.25) is 0 Å². The number of likely N-dealkylation sites (N-methyl/N-ethyl adjacent to an activating group) is 1. The number of hydrogen-bond acceptors (Lipinski definition) is 8. The zero-order valence-electron chi connectivity index (χ0n) is 13.0. The molecule has 3 N–H and O–H groups in total. The molecule has 8 heteroatoms. The topological polar surface area (TPSA) is 92.4 Å². The fourth-order valence-electron chi connectivity index (χ4n) is 2.17. The molecular weight excluding hydrogens is 270 g/mol. The Kier molecular flexibility index (Phi) is 5.51. The van der Waals surface area contributed by atoms with Crippen molar-refractivity contribution in [2.45, 2.75) is 32.8 Å². The molecule has 0 radical (unpaired) electrons.